The van der Waals surface area contributed by atoms with Crippen molar-refractivity contribution in [2.45, 2.75) is 40.7 Å². The first-order chi connectivity index (χ1) is 10.4. The molecule has 1 aromatic heterocycles. The molecule has 0 amide bonds. The van der Waals surface area contributed by atoms with E-state index in [0.717, 1.165) is 12.4 Å². The quantitative estimate of drug-likeness (QED) is 0.655. The van der Waals surface area contributed by atoms with Crippen molar-refractivity contribution >= 4 is 16.7 Å². The summed E-state index contributed by atoms with van der Waals surface area (Å²) in [5.74, 6) is 5.65. The Balaban J connectivity index is 2.70. The molecule has 0 unspecified atom stereocenters. The van der Waals surface area contributed by atoms with Crippen molar-refractivity contribution in [3.63, 3.8) is 0 Å². The molecule has 0 spiro atoms. The van der Waals surface area contributed by atoms with Gasteiger partial charge in [0.15, 0.2) is 5.82 Å². The first kappa shape index (κ1) is 16.4. The van der Waals surface area contributed by atoms with Gasteiger partial charge in [0.1, 0.15) is 17.2 Å². The van der Waals surface area contributed by atoms with Gasteiger partial charge in [0.25, 0.3) is 0 Å². The van der Waals surface area contributed by atoms with Crippen LogP contribution in [0.2, 0.25) is 0 Å². The lowest BCUT2D eigenvalue weighted by Crippen LogP contribution is -2.21. The topological polar surface area (TPSA) is 55.9 Å². The first-order valence-electron chi connectivity index (χ1n) is 7.41. The lowest BCUT2D eigenvalue weighted by Gasteiger charge is -2.12. The summed E-state index contributed by atoms with van der Waals surface area (Å²) in [6.45, 7) is 8.39. The summed E-state index contributed by atoms with van der Waals surface area (Å²) in [5.41, 5.74) is 3.78. The summed E-state index contributed by atoms with van der Waals surface area (Å²) < 4.78 is 30.2. The largest absolute Gasteiger partial charge is 0.328 e. The summed E-state index contributed by atoms with van der Waals surface area (Å²) in [6.07, 6.45) is 0.184. The van der Waals surface area contributed by atoms with Crippen LogP contribution in [-0.4, -0.2) is 9.55 Å². The fraction of sp³-hybridized carbons (Fsp3) is 0.438. The Morgan fingerprint density at radius 3 is 2.64 bits per heavy atom. The van der Waals surface area contributed by atoms with Gasteiger partial charge in [0.05, 0.1) is 11.2 Å². The van der Waals surface area contributed by atoms with Gasteiger partial charge in [-0.15, -0.1) is 0 Å². The van der Waals surface area contributed by atoms with E-state index in [-0.39, 0.29) is 12.1 Å². The highest BCUT2D eigenvalue weighted by atomic mass is 19.1. The number of imidazole rings is 1. The van der Waals surface area contributed by atoms with Crippen LogP contribution >= 0.6 is 0 Å². The normalized spacial score (nSPS) is 12.9. The number of hydrogen-bond donors (Lipinski definition) is 2. The molecule has 0 saturated heterocycles. The molecule has 1 aromatic carbocycles. The smallest absolute Gasteiger partial charge is 0.151 e. The number of hydrazine groups is 1. The maximum absolute atomic E-state index is 14.4. The Bertz CT molecular complexity index is 716. The van der Waals surface area contributed by atoms with Crippen LogP contribution in [-0.2, 0) is 6.54 Å². The van der Waals surface area contributed by atoms with Gasteiger partial charge in [0.2, 0.25) is 0 Å². The highest BCUT2D eigenvalue weighted by Gasteiger charge is 2.16. The zero-order valence-electron chi connectivity index (χ0n) is 13.4. The molecular weight excluding hydrogens is 286 g/mol. The van der Waals surface area contributed by atoms with E-state index in [4.69, 9.17) is 5.84 Å². The molecule has 0 fully saturated rings. The third-order valence-electron chi connectivity index (χ3n) is 3.56. The van der Waals surface area contributed by atoms with Gasteiger partial charge in [-0.05, 0) is 31.4 Å². The number of allylic oxidation sites excluding steroid dienone is 1. The van der Waals surface area contributed by atoms with Crippen LogP contribution < -0.4 is 11.3 Å². The van der Waals surface area contributed by atoms with E-state index < -0.39 is 11.6 Å². The molecule has 0 saturated carbocycles. The number of fused-ring (bicyclic) bond motifs is 1. The molecule has 1 heterocycles. The number of hydrogen-bond acceptors (Lipinski definition) is 3. The highest BCUT2D eigenvalue weighted by Crippen LogP contribution is 2.27. The minimum Gasteiger partial charge on any atom is -0.328 e. The van der Waals surface area contributed by atoms with E-state index in [1.165, 1.54) is 6.07 Å². The van der Waals surface area contributed by atoms with Crippen molar-refractivity contribution in [2.24, 2.45) is 11.8 Å². The van der Waals surface area contributed by atoms with Crippen molar-refractivity contribution in [2.75, 3.05) is 0 Å². The fourth-order valence-corrected chi connectivity index (χ4v) is 2.53. The second kappa shape index (κ2) is 6.44. The molecule has 22 heavy (non-hydrogen) atoms. The number of rotatable bonds is 5. The lowest BCUT2D eigenvalue weighted by molar-refractivity contribution is 0.524. The number of nitrogens with two attached hydrogens (primary N) is 1. The van der Waals surface area contributed by atoms with Crippen molar-refractivity contribution < 1.29 is 8.78 Å². The van der Waals surface area contributed by atoms with Gasteiger partial charge in [-0.1, -0.05) is 20.8 Å². The van der Waals surface area contributed by atoms with Crippen molar-refractivity contribution in [3.05, 3.63) is 35.2 Å². The van der Waals surface area contributed by atoms with E-state index in [1.807, 2.05) is 11.5 Å². The Labute approximate surface area is 129 Å². The van der Waals surface area contributed by atoms with Gasteiger partial charge in [-0.2, -0.15) is 0 Å². The van der Waals surface area contributed by atoms with Gasteiger partial charge in [0, 0.05) is 12.1 Å². The van der Waals surface area contributed by atoms with E-state index >= 15 is 0 Å². The molecule has 0 aliphatic rings. The molecule has 6 heteroatoms. The third kappa shape index (κ3) is 2.97. The number of benzene rings is 1. The monoisotopic (exact) mass is 308 g/mol. The molecule has 0 atom stereocenters. The van der Waals surface area contributed by atoms with Crippen molar-refractivity contribution in [3.8, 4) is 0 Å². The summed E-state index contributed by atoms with van der Waals surface area (Å²) in [5, 5.41) is 0. The second-order valence-electron chi connectivity index (χ2n) is 5.77. The minimum atomic E-state index is -0.477. The maximum atomic E-state index is 14.4. The molecule has 4 nitrogen and oxygen atoms in total. The van der Waals surface area contributed by atoms with Crippen molar-refractivity contribution in [1.82, 2.24) is 15.0 Å². The third-order valence-corrected chi connectivity index (χ3v) is 3.56. The number of aromatic nitrogens is 2. The first-order valence-corrected chi connectivity index (χ1v) is 7.41. The molecule has 3 N–H and O–H groups in total. The number of nitrogens with one attached hydrogen (secondary N) is 1. The van der Waals surface area contributed by atoms with E-state index in [2.05, 4.69) is 24.3 Å². The Hall–Kier alpha value is -1.95. The van der Waals surface area contributed by atoms with Crippen LogP contribution in [0.15, 0.2) is 18.0 Å². The predicted octanol–water partition coefficient (Wildman–Crippen LogP) is 3.65. The van der Waals surface area contributed by atoms with Crippen LogP contribution in [0.5, 0.6) is 0 Å². The van der Waals surface area contributed by atoms with Gasteiger partial charge in [-0.3, -0.25) is 5.84 Å². The zero-order valence-corrected chi connectivity index (χ0v) is 13.4. The van der Waals surface area contributed by atoms with Crippen LogP contribution in [0, 0.1) is 18.7 Å². The fourth-order valence-electron chi connectivity index (χ4n) is 2.53. The molecule has 0 radical (unpaired) electrons. The average molecular weight is 308 g/mol. The maximum Gasteiger partial charge on any atom is 0.151 e. The van der Waals surface area contributed by atoms with Gasteiger partial charge < -0.3 is 9.99 Å². The average Bonchev–Trinajstić information content (AvgIpc) is 2.76. The Morgan fingerprint density at radius 2 is 2.09 bits per heavy atom. The van der Waals surface area contributed by atoms with Crippen LogP contribution in [0.1, 0.15) is 38.6 Å². The predicted molar refractivity (Wildman–Crippen MR) is 84.9 cm³/mol. The van der Waals surface area contributed by atoms with Crippen LogP contribution in [0.25, 0.3) is 16.7 Å². The molecular formula is C16H22F2N4. The zero-order chi connectivity index (χ0) is 16.4. The van der Waals surface area contributed by atoms with E-state index in [1.54, 1.807) is 13.0 Å². The van der Waals surface area contributed by atoms with Gasteiger partial charge >= 0.3 is 0 Å². The van der Waals surface area contributed by atoms with E-state index in [9.17, 15) is 8.78 Å². The van der Waals surface area contributed by atoms with E-state index in [0.29, 0.717) is 22.5 Å². The summed E-state index contributed by atoms with van der Waals surface area (Å²) in [7, 11) is 0. The number of aryl methyl sites for hydroxylation is 1. The van der Waals surface area contributed by atoms with Crippen LogP contribution in [0.3, 0.4) is 0 Å². The molecule has 0 aliphatic carbocycles. The second-order valence-corrected chi connectivity index (χ2v) is 5.77. The molecule has 120 valence electrons. The minimum absolute atomic E-state index is 0.109. The molecule has 0 aliphatic heterocycles. The summed E-state index contributed by atoms with van der Waals surface area (Å²) in [4.78, 5) is 4.28. The SMILES string of the molecule is CC/C(F)=C(\NN)c1cc(F)c2nc(C)n(CC(C)C)c2c1. The molecule has 2 rings (SSSR count). The molecule has 2 aromatic rings. The summed E-state index contributed by atoms with van der Waals surface area (Å²) in [6, 6.07) is 2.99. The standard InChI is InChI=1S/C16H22F2N4/c1-5-12(17)15(21-19)11-6-13(18)16-14(7-11)22(8-9(2)3)10(4)20-16/h6-7,9,21H,5,8,19H2,1-4H3/b15-12+. The number of halogens is 2. The lowest BCUT2D eigenvalue weighted by atomic mass is 10.1. The number of nitrogens with zero attached hydrogens (tertiary/aromatic N) is 2. The molecule has 0 bridgehead atoms. The Morgan fingerprint density at radius 1 is 1.41 bits per heavy atom. The summed E-state index contributed by atoms with van der Waals surface area (Å²) >= 11 is 0. The van der Waals surface area contributed by atoms with Gasteiger partial charge in [-0.25, -0.2) is 13.8 Å². The van der Waals surface area contributed by atoms with Crippen LogP contribution in [0.4, 0.5) is 8.78 Å². The van der Waals surface area contributed by atoms with Crippen molar-refractivity contribution in [1.29, 1.82) is 0 Å². The Kier molecular flexibility index (Phi) is 4.81. The highest BCUT2D eigenvalue weighted by molar-refractivity contribution is 5.82.